The molecular weight excluding hydrogens is 250 g/mol. The lowest BCUT2D eigenvalue weighted by atomic mass is 9.69. The molecule has 0 aromatic heterocycles. The second-order valence-electron chi connectivity index (χ2n) is 6.50. The predicted molar refractivity (Wildman–Crippen MR) is 83.0 cm³/mol. The molecule has 2 aliphatic rings. The van der Waals surface area contributed by atoms with Crippen molar-refractivity contribution in [3.8, 4) is 0 Å². The monoisotopic (exact) mass is 283 g/mol. The Morgan fingerprint density at radius 2 is 2.10 bits per heavy atom. The highest BCUT2D eigenvalue weighted by atomic mass is 16.5. The molecule has 3 unspecified atom stereocenters. The van der Waals surface area contributed by atoms with Crippen LogP contribution in [0.4, 0.5) is 0 Å². The number of rotatable bonds is 8. The van der Waals surface area contributed by atoms with Gasteiger partial charge < -0.3 is 14.8 Å². The first-order valence-corrected chi connectivity index (χ1v) is 8.73. The molecule has 0 aromatic rings. The molecule has 1 aliphatic heterocycles. The van der Waals surface area contributed by atoms with Crippen LogP contribution in [0.15, 0.2) is 0 Å². The minimum atomic E-state index is 0.236. The molecule has 3 atom stereocenters. The van der Waals surface area contributed by atoms with E-state index in [9.17, 15) is 0 Å². The Hall–Kier alpha value is -0.120. The number of nitrogens with one attached hydrogen (secondary N) is 1. The fraction of sp³-hybridized carbons (Fsp3) is 1.00. The fourth-order valence-electron chi connectivity index (χ4n) is 3.99. The summed E-state index contributed by atoms with van der Waals surface area (Å²) < 4.78 is 12.2. The molecule has 1 saturated heterocycles. The molecule has 0 amide bonds. The van der Waals surface area contributed by atoms with Gasteiger partial charge >= 0.3 is 0 Å². The second-order valence-corrected chi connectivity index (χ2v) is 6.50. The first-order chi connectivity index (χ1) is 9.74. The van der Waals surface area contributed by atoms with Crippen LogP contribution >= 0.6 is 0 Å². The number of ether oxygens (including phenoxy) is 2. The quantitative estimate of drug-likeness (QED) is 0.739. The van der Waals surface area contributed by atoms with Gasteiger partial charge in [-0.05, 0) is 57.9 Å². The number of likely N-dealkylation sites (N-methyl/N-ethyl adjacent to an activating group) is 1. The zero-order valence-electron chi connectivity index (χ0n) is 13.6. The van der Waals surface area contributed by atoms with E-state index >= 15 is 0 Å². The van der Waals surface area contributed by atoms with Gasteiger partial charge in [-0.25, -0.2) is 0 Å². The van der Waals surface area contributed by atoms with Gasteiger partial charge in [0, 0.05) is 19.3 Å². The van der Waals surface area contributed by atoms with Gasteiger partial charge in [-0.15, -0.1) is 0 Å². The summed E-state index contributed by atoms with van der Waals surface area (Å²) in [7, 11) is 0. The Kier molecular flexibility index (Phi) is 6.31. The third-order valence-electron chi connectivity index (χ3n) is 5.10. The van der Waals surface area contributed by atoms with Gasteiger partial charge in [0.05, 0.1) is 11.7 Å². The number of hydrogen-bond donors (Lipinski definition) is 1. The average molecular weight is 283 g/mol. The van der Waals surface area contributed by atoms with Crippen LogP contribution in [0.5, 0.6) is 0 Å². The molecule has 2 rings (SSSR count). The van der Waals surface area contributed by atoms with Gasteiger partial charge in [-0.2, -0.15) is 0 Å². The summed E-state index contributed by atoms with van der Waals surface area (Å²) >= 11 is 0. The smallest absolute Gasteiger partial charge is 0.0730 e. The fourth-order valence-corrected chi connectivity index (χ4v) is 3.99. The molecule has 0 bridgehead atoms. The van der Waals surface area contributed by atoms with Crippen LogP contribution in [-0.2, 0) is 9.47 Å². The highest BCUT2D eigenvalue weighted by Gasteiger charge is 2.45. The Bertz CT molecular complexity index is 272. The maximum atomic E-state index is 6.09. The van der Waals surface area contributed by atoms with Crippen molar-refractivity contribution >= 4 is 0 Å². The Morgan fingerprint density at radius 3 is 2.65 bits per heavy atom. The van der Waals surface area contributed by atoms with Crippen molar-refractivity contribution in [1.82, 2.24) is 5.32 Å². The SMILES string of the molecule is CCCC(OCC)C(NCC)C1CCOC2(CCC2)C1. The normalized spacial score (nSPS) is 28.1. The molecule has 0 radical (unpaired) electrons. The Morgan fingerprint density at radius 1 is 1.30 bits per heavy atom. The summed E-state index contributed by atoms with van der Waals surface area (Å²) in [6, 6.07) is 0.501. The molecule has 20 heavy (non-hydrogen) atoms. The molecule has 3 heteroatoms. The molecule has 1 aliphatic carbocycles. The Balaban J connectivity index is 2.01. The van der Waals surface area contributed by atoms with Gasteiger partial charge in [-0.3, -0.25) is 0 Å². The lowest BCUT2D eigenvalue weighted by Crippen LogP contribution is -2.54. The van der Waals surface area contributed by atoms with E-state index in [4.69, 9.17) is 9.47 Å². The summed E-state index contributed by atoms with van der Waals surface area (Å²) in [5.74, 6) is 0.715. The highest BCUT2D eigenvalue weighted by Crippen LogP contribution is 2.45. The molecule has 3 nitrogen and oxygen atoms in total. The van der Waals surface area contributed by atoms with Crippen LogP contribution < -0.4 is 5.32 Å². The lowest BCUT2D eigenvalue weighted by molar-refractivity contribution is -0.153. The van der Waals surface area contributed by atoms with E-state index in [-0.39, 0.29) is 5.60 Å². The maximum Gasteiger partial charge on any atom is 0.0730 e. The van der Waals surface area contributed by atoms with Crippen molar-refractivity contribution in [3.05, 3.63) is 0 Å². The van der Waals surface area contributed by atoms with E-state index in [0.717, 1.165) is 26.2 Å². The van der Waals surface area contributed by atoms with E-state index in [1.54, 1.807) is 0 Å². The topological polar surface area (TPSA) is 30.5 Å². The van der Waals surface area contributed by atoms with Crippen LogP contribution in [0.3, 0.4) is 0 Å². The summed E-state index contributed by atoms with van der Waals surface area (Å²) in [6.07, 6.45) is 9.04. The van der Waals surface area contributed by atoms with Gasteiger partial charge in [0.1, 0.15) is 0 Å². The average Bonchev–Trinajstić information content (AvgIpc) is 2.43. The minimum Gasteiger partial charge on any atom is -0.377 e. The first-order valence-electron chi connectivity index (χ1n) is 8.73. The highest BCUT2D eigenvalue weighted by molar-refractivity contribution is 4.98. The van der Waals surface area contributed by atoms with E-state index < -0.39 is 0 Å². The molecular formula is C17H33NO2. The summed E-state index contributed by atoms with van der Waals surface area (Å²) in [5, 5.41) is 3.73. The maximum absolute atomic E-state index is 6.09. The summed E-state index contributed by atoms with van der Waals surface area (Å²) in [6.45, 7) is 9.37. The molecule has 118 valence electrons. The van der Waals surface area contributed by atoms with E-state index in [1.165, 1.54) is 38.5 Å². The van der Waals surface area contributed by atoms with Crippen LogP contribution in [-0.4, -0.2) is 37.5 Å². The van der Waals surface area contributed by atoms with E-state index in [0.29, 0.717) is 18.1 Å². The minimum absolute atomic E-state index is 0.236. The third kappa shape index (κ3) is 3.75. The van der Waals surface area contributed by atoms with Crippen molar-refractivity contribution < 1.29 is 9.47 Å². The lowest BCUT2D eigenvalue weighted by Gasteiger charge is -2.49. The van der Waals surface area contributed by atoms with Crippen LogP contribution in [0.2, 0.25) is 0 Å². The zero-order chi connectivity index (χ0) is 14.4. The zero-order valence-corrected chi connectivity index (χ0v) is 13.6. The molecule has 1 spiro atoms. The van der Waals surface area contributed by atoms with Crippen LogP contribution in [0.1, 0.15) is 65.7 Å². The van der Waals surface area contributed by atoms with Crippen molar-refractivity contribution in [2.75, 3.05) is 19.8 Å². The van der Waals surface area contributed by atoms with E-state index in [2.05, 4.69) is 26.1 Å². The second kappa shape index (κ2) is 7.77. The molecule has 1 heterocycles. The summed E-state index contributed by atoms with van der Waals surface area (Å²) in [5.41, 5.74) is 0.236. The molecule has 1 saturated carbocycles. The van der Waals surface area contributed by atoms with Crippen molar-refractivity contribution in [2.45, 2.75) is 83.5 Å². The van der Waals surface area contributed by atoms with Gasteiger partial charge in [-0.1, -0.05) is 20.3 Å². The number of hydrogen-bond acceptors (Lipinski definition) is 3. The van der Waals surface area contributed by atoms with Gasteiger partial charge in [0.2, 0.25) is 0 Å². The van der Waals surface area contributed by atoms with Crippen LogP contribution in [0.25, 0.3) is 0 Å². The third-order valence-corrected chi connectivity index (χ3v) is 5.10. The first kappa shape index (κ1) is 16.3. The van der Waals surface area contributed by atoms with Crippen molar-refractivity contribution in [2.24, 2.45) is 5.92 Å². The molecule has 1 N–H and O–H groups in total. The molecule has 0 aromatic carbocycles. The van der Waals surface area contributed by atoms with Gasteiger partial charge in [0.15, 0.2) is 0 Å². The largest absolute Gasteiger partial charge is 0.377 e. The summed E-state index contributed by atoms with van der Waals surface area (Å²) in [4.78, 5) is 0. The molecule has 2 fully saturated rings. The standard InChI is InChI=1S/C17H33NO2/c1-4-8-15(19-6-3)16(18-5-2)14-9-12-20-17(13-14)10-7-11-17/h14-16,18H,4-13H2,1-3H3. The van der Waals surface area contributed by atoms with Crippen LogP contribution in [0, 0.1) is 5.92 Å². The van der Waals surface area contributed by atoms with Crippen molar-refractivity contribution in [3.63, 3.8) is 0 Å². The Labute approximate surface area is 124 Å². The van der Waals surface area contributed by atoms with E-state index in [1.807, 2.05) is 0 Å². The van der Waals surface area contributed by atoms with Crippen molar-refractivity contribution in [1.29, 1.82) is 0 Å². The van der Waals surface area contributed by atoms with Gasteiger partial charge in [0.25, 0.3) is 0 Å². The predicted octanol–water partition coefficient (Wildman–Crippen LogP) is 3.52.